The number of carbonyl (C=O) groups is 1. The number of fused-ring (bicyclic) bond motifs is 8. The van der Waals surface area contributed by atoms with Gasteiger partial charge >= 0.3 is 5.97 Å². The Bertz CT molecular complexity index is 909. The highest BCUT2D eigenvalue weighted by atomic mass is 16.6. The van der Waals surface area contributed by atoms with Gasteiger partial charge < -0.3 is 19.3 Å². The minimum absolute atomic E-state index is 0.0236. The maximum absolute atomic E-state index is 14.5. The van der Waals surface area contributed by atoms with Crippen molar-refractivity contribution in [1.82, 2.24) is 0 Å². The fourth-order valence-corrected chi connectivity index (χ4v) is 12.1. The summed E-state index contributed by atoms with van der Waals surface area (Å²) in [5.74, 6) is 3.64. The third kappa shape index (κ3) is 2.55. The summed E-state index contributed by atoms with van der Waals surface area (Å²) in [5, 5.41) is 14.5. The molecule has 0 radical (unpaired) electrons. The standard InChI is InChI=1S/C29H45NO4/c1-16-6-7-23-17(2)26-24(30(23,32)15-16)13-22-20-12-25-29(34-25)14-19(33-18(3)31)8-11-28(29,5)21(20)9-10-27(22,26)4/h16-17,19-26H,6-15H2,1-5H3/t16-,17+,19+,20-,21+,22+,23-,24+,25-,26-,27+,28+,29-,30-/m0/s1. The van der Waals surface area contributed by atoms with E-state index in [1.54, 1.807) is 0 Å². The van der Waals surface area contributed by atoms with Gasteiger partial charge in [0.15, 0.2) is 0 Å². The summed E-state index contributed by atoms with van der Waals surface area (Å²) in [6, 6.07) is 0.678. The highest BCUT2D eigenvalue weighted by Crippen LogP contribution is 2.76. The van der Waals surface area contributed by atoms with E-state index in [1.807, 2.05) is 0 Å². The summed E-state index contributed by atoms with van der Waals surface area (Å²) in [6.07, 6.45) is 10.6. The second kappa shape index (κ2) is 6.81. The fraction of sp³-hybridized carbons (Fsp3) is 0.966. The molecule has 3 heterocycles. The van der Waals surface area contributed by atoms with E-state index in [-0.39, 0.29) is 27.7 Å². The van der Waals surface area contributed by atoms with Crippen LogP contribution in [0.25, 0.3) is 0 Å². The monoisotopic (exact) mass is 471 g/mol. The molecule has 34 heavy (non-hydrogen) atoms. The van der Waals surface area contributed by atoms with Crippen molar-refractivity contribution >= 4 is 5.97 Å². The number of quaternary nitrogens is 1. The number of nitrogens with zero attached hydrogens (tertiary/aromatic N) is 1. The Hall–Kier alpha value is -0.650. The van der Waals surface area contributed by atoms with Crippen LogP contribution >= 0.6 is 0 Å². The van der Waals surface area contributed by atoms with Crippen molar-refractivity contribution in [3.05, 3.63) is 5.21 Å². The van der Waals surface area contributed by atoms with Gasteiger partial charge in [0.1, 0.15) is 11.7 Å². The normalized spacial score (nSPS) is 63.5. The van der Waals surface area contributed by atoms with Gasteiger partial charge in [-0.05, 0) is 61.7 Å². The molecule has 0 aromatic rings. The van der Waals surface area contributed by atoms with Crippen LogP contribution in [0, 0.1) is 51.5 Å². The number of hydrogen-bond acceptors (Lipinski definition) is 4. The first kappa shape index (κ1) is 22.5. The number of piperidine rings is 1. The lowest BCUT2D eigenvalue weighted by molar-refractivity contribution is -0.926. The molecule has 190 valence electrons. The lowest BCUT2D eigenvalue weighted by Gasteiger charge is -2.59. The molecule has 0 amide bonds. The second-order valence-corrected chi connectivity index (χ2v) is 14.5. The first-order valence-corrected chi connectivity index (χ1v) is 14.5. The van der Waals surface area contributed by atoms with Gasteiger partial charge in [-0.1, -0.05) is 27.7 Å². The highest BCUT2D eigenvalue weighted by Gasteiger charge is 2.78. The largest absolute Gasteiger partial charge is 0.632 e. The molecule has 7 rings (SSSR count). The van der Waals surface area contributed by atoms with Gasteiger partial charge in [-0.25, -0.2) is 0 Å². The van der Waals surface area contributed by atoms with Crippen molar-refractivity contribution in [2.45, 2.75) is 122 Å². The summed E-state index contributed by atoms with van der Waals surface area (Å²) in [6.45, 7) is 12.3. The fourth-order valence-electron chi connectivity index (χ4n) is 12.1. The minimum Gasteiger partial charge on any atom is -0.632 e. The lowest BCUT2D eigenvalue weighted by atomic mass is 9.44. The molecule has 4 aliphatic carbocycles. The molecule has 0 unspecified atom stereocenters. The Labute approximate surface area is 205 Å². The van der Waals surface area contributed by atoms with E-state index < -0.39 is 0 Å². The average molecular weight is 472 g/mol. The van der Waals surface area contributed by atoms with Gasteiger partial charge in [0.25, 0.3) is 0 Å². The predicted molar refractivity (Wildman–Crippen MR) is 129 cm³/mol. The Morgan fingerprint density at radius 3 is 2.59 bits per heavy atom. The topological polar surface area (TPSA) is 61.9 Å². The molecule has 5 heteroatoms. The third-order valence-electron chi connectivity index (χ3n) is 13.3. The predicted octanol–water partition coefficient (Wildman–Crippen LogP) is 5.45. The number of ether oxygens (including phenoxy) is 2. The van der Waals surface area contributed by atoms with Crippen LogP contribution in [0.1, 0.15) is 92.4 Å². The van der Waals surface area contributed by atoms with Gasteiger partial charge in [0.2, 0.25) is 0 Å². The molecular formula is C29H45NO4. The average Bonchev–Trinajstić information content (AvgIpc) is 3.27. The zero-order chi connectivity index (χ0) is 23.8. The van der Waals surface area contributed by atoms with E-state index >= 15 is 0 Å². The molecule has 0 N–H and O–H groups in total. The summed E-state index contributed by atoms with van der Waals surface area (Å²) < 4.78 is 12.5. The summed E-state index contributed by atoms with van der Waals surface area (Å²) in [7, 11) is 0. The van der Waals surface area contributed by atoms with E-state index in [0.29, 0.717) is 59.1 Å². The Kier molecular flexibility index (Phi) is 4.51. The summed E-state index contributed by atoms with van der Waals surface area (Å²) in [4.78, 5) is 11.6. The summed E-state index contributed by atoms with van der Waals surface area (Å²) in [5.41, 5.74) is 0.442. The first-order chi connectivity index (χ1) is 16.0. The van der Waals surface area contributed by atoms with Gasteiger partial charge in [-0.2, -0.15) is 0 Å². The summed E-state index contributed by atoms with van der Waals surface area (Å²) >= 11 is 0. The molecule has 5 nitrogen and oxygen atoms in total. The SMILES string of the molecule is CC(=O)O[C@@H]1CC[C@]2(C)[C@@H]3CC[C@@]4(C)[C@H]5[C@H](C)[C@@H]6CC[C@H](C)C[N@@+]6([O-])[C@@H]5C[C@@H]4[C@H]3C[C@@H]3O[C@@]32C1. The number of hydrogen-bond donors (Lipinski definition) is 0. The Balaban J connectivity index is 1.19. The molecule has 3 saturated heterocycles. The smallest absolute Gasteiger partial charge is 0.302 e. The number of esters is 1. The molecule has 0 aromatic carbocycles. The van der Waals surface area contributed by atoms with Crippen LogP contribution < -0.4 is 0 Å². The molecule has 0 bridgehead atoms. The molecule has 3 aliphatic heterocycles. The van der Waals surface area contributed by atoms with Gasteiger partial charge in [0, 0.05) is 49.4 Å². The van der Waals surface area contributed by atoms with Crippen LogP contribution in [0.5, 0.6) is 0 Å². The quantitative estimate of drug-likeness (QED) is 0.221. The van der Waals surface area contributed by atoms with Crippen LogP contribution in [0.3, 0.4) is 0 Å². The van der Waals surface area contributed by atoms with Crippen molar-refractivity contribution < 1.29 is 18.9 Å². The molecule has 14 atom stereocenters. The van der Waals surface area contributed by atoms with Crippen molar-refractivity contribution in [1.29, 1.82) is 0 Å². The molecule has 0 aromatic heterocycles. The van der Waals surface area contributed by atoms with E-state index in [9.17, 15) is 10.0 Å². The third-order valence-corrected chi connectivity index (χ3v) is 13.3. The van der Waals surface area contributed by atoms with E-state index in [1.165, 1.54) is 32.6 Å². The maximum Gasteiger partial charge on any atom is 0.302 e. The van der Waals surface area contributed by atoms with Crippen molar-refractivity contribution in [3.63, 3.8) is 0 Å². The van der Waals surface area contributed by atoms with Gasteiger partial charge in [0.05, 0.1) is 24.7 Å². The Morgan fingerprint density at radius 1 is 1.03 bits per heavy atom. The Morgan fingerprint density at radius 2 is 1.82 bits per heavy atom. The van der Waals surface area contributed by atoms with Crippen molar-refractivity contribution in [2.24, 2.45) is 46.3 Å². The van der Waals surface area contributed by atoms with Gasteiger partial charge in [-0.3, -0.25) is 4.79 Å². The minimum atomic E-state index is -0.157. The zero-order valence-corrected chi connectivity index (χ0v) is 21.9. The number of carbonyl (C=O) groups excluding carboxylic acids is 1. The van der Waals surface area contributed by atoms with Crippen molar-refractivity contribution in [2.75, 3.05) is 6.54 Å². The molecule has 7 aliphatic rings. The lowest BCUT2D eigenvalue weighted by Crippen LogP contribution is -2.59. The molecular weight excluding hydrogens is 426 g/mol. The van der Waals surface area contributed by atoms with Crippen LogP contribution in [-0.4, -0.2) is 47.1 Å². The number of hydroxylamine groups is 3. The van der Waals surface area contributed by atoms with E-state index in [2.05, 4.69) is 27.7 Å². The molecule has 4 saturated carbocycles. The maximum atomic E-state index is 14.5. The van der Waals surface area contributed by atoms with Crippen LogP contribution in [0.2, 0.25) is 0 Å². The van der Waals surface area contributed by atoms with Crippen LogP contribution in [0.15, 0.2) is 0 Å². The molecule has 1 spiro atoms. The number of epoxide rings is 1. The van der Waals surface area contributed by atoms with Crippen LogP contribution in [0.4, 0.5) is 0 Å². The first-order valence-electron chi connectivity index (χ1n) is 14.5. The number of rotatable bonds is 1. The molecule has 7 fully saturated rings. The van der Waals surface area contributed by atoms with Gasteiger partial charge in [-0.15, -0.1) is 0 Å². The zero-order valence-electron chi connectivity index (χ0n) is 21.9. The van der Waals surface area contributed by atoms with Crippen molar-refractivity contribution in [3.8, 4) is 0 Å². The van der Waals surface area contributed by atoms with Crippen LogP contribution in [-0.2, 0) is 14.3 Å². The second-order valence-electron chi connectivity index (χ2n) is 14.5. The highest BCUT2D eigenvalue weighted by molar-refractivity contribution is 5.66. The van der Waals surface area contributed by atoms with E-state index in [0.717, 1.165) is 38.6 Å². The van der Waals surface area contributed by atoms with E-state index in [4.69, 9.17) is 9.47 Å².